The second-order valence-electron chi connectivity index (χ2n) is 2.75. The Labute approximate surface area is 76.1 Å². The average Bonchev–Trinajstić information content (AvgIpc) is 2.63. The van der Waals surface area contributed by atoms with Crippen LogP contribution in [-0.2, 0) is 13.1 Å². The molecule has 0 amide bonds. The molecule has 2 rings (SSSR count). The van der Waals surface area contributed by atoms with E-state index >= 15 is 0 Å². The zero-order valence-corrected chi connectivity index (χ0v) is 7.63. The highest BCUT2D eigenvalue weighted by atomic mass is 16.5. The lowest BCUT2D eigenvalue weighted by atomic mass is 10.3. The van der Waals surface area contributed by atoms with Gasteiger partial charge in [0.15, 0.2) is 0 Å². The van der Waals surface area contributed by atoms with Crippen molar-refractivity contribution in [2.24, 2.45) is 0 Å². The zero-order valence-electron chi connectivity index (χ0n) is 7.63. The molecule has 0 atom stereocenters. The largest absolute Gasteiger partial charge is 0.481 e. The predicted molar refractivity (Wildman–Crippen MR) is 45.7 cm³/mol. The standard InChI is InChI=1S/C8H11N3O2/c1-12-7-5-3-9-4-6(5)10-8(11-7)13-2/h9H,3-4H2,1-2H3. The van der Waals surface area contributed by atoms with Crippen LogP contribution in [0.4, 0.5) is 0 Å². The van der Waals surface area contributed by atoms with Gasteiger partial charge in [-0.3, -0.25) is 0 Å². The molecule has 0 saturated heterocycles. The summed E-state index contributed by atoms with van der Waals surface area (Å²) in [6, 6.07) is 0.360. The Morgan fingerprint density at radius 3 is 2.69 bits per heavy atom. The molecule has 1 aliphatic rings. The minimum absolute atomic E-state index is 0.360. The first kappa shape index (κ1) is 8.25. The Morgan fingerprint density at radius 1 is 1.15 bits per heavy atom. The summed E-state index contributed by atoms with van der Waals surface area (Å²) >= 11 is 0. The number of methoxy groups -OCH3 is 2. The molecular formula is C8H11N3O2. The van der Waals surface area contributed by atoms with Crippen molar-refractivity contribution < 1.29 is 9.47 Å². The van der Waals surface area contributed by atoms with Gasteiger partial charge in [0, 0.05) is 13.1 Å². The van der Waals surface area contributed by atoms with Crippen LogP contribution in [0, 0.1) is 0 Å². The summed E-state index contributed by atoms with van der Waals surface area (Å²) in [5, 5.41) is 3.18. The third-order valence-corrected chi connectivity index (χ3v) is 2.00. The molecule has 13 heavy (non-hydrogen) atoms. The summed E-state index contributed by atoms with van der Waals surface area (Å²) < 4.78 is 10.1. The molecule has 1 aromatic heterocycles. The van der Waals surface area contributed by atoms with Gasteiger partial charge in [0.05, 0.1) is 25.5 Å². The maximum Gasteiger partial charge on any atom is 0.319 e. The monoisotopic (exact) mass is 181 g/mol. The molecule has 0 bridgehead atoms. The molecule has 1 aliphatic heterocycles. The highest BCUT2D eigenvalue weighted by Crippen LogP contribution is 2.24. The quantitative estimate of drug-likeness (QED) is 0.701. The normalized spacial score (nSPS) is 14.0. The molecule has 1 aromatic rings. The minimum atomic E-state index is 0.360. The van der Waals surface area contributed by atoms with Crippen molar-refractivity contribution >= 4 is 0 Å². The molecule has 70 valence electrons. The Hall–Kier alpha value is -1.36. The number of ether oxygens (including phenoxy) is 2. The third kappa shape index (κ3) is 1.31. The van der Waals surface area contributed by atoms with E-state index in [9.17, 15) is 0 Å². The van der Waals surface area contributed by atoms with Gasteiger partial charge in [-0.15, -0.1) is 0 Å². The molecule has 5 heteroatoms. The first-order valence-electron chi connectivity index (χ1n) is 4.03. The van der Waals surface area contributed by atoms with Gasteiger partial charge in [0.1, 0.15) is 0 Å². The topological polar surface area (TPSA) is 56.3 Å². The SMILES string of the molecule is COc1nc2c(c(OC)n1)CNC2. The van der Waals surface area contributed by atoms with Crippen LogP contribution in [0.2, 0.25) is 0 Å². The van der Waals surface area contributed by atoms with Gasteiger partial charge in [-0.05, 0) is 0 Å². The van der Waals surface area contributed by atoms with E-state index in [2.05, 4.69) is 15.3 Å². The number of nitrogens with one attached hydrogen (secondary N) is 1. The van der Waals surface area contributed by atoms with Gasteiger partial charge in [-0.25, -0.2) is 0 Å². The lowest BCUT2D eigenvalue weighted by molar-refractivity contribution is 0.348. The number of nitrogens with zero attached hydrogens (tertiary/aromatic N) is 2. The molecule has 0 fully saturated rings. The van der Waals surface area contributed by atoms with Gasteiger partial charge in [-0.1, -0.05) is 0 Å². The fraction of sp³-hybridized carbons (Fsp3) is 0.500. The summed E-state index contributed by atoms with van der Waals surface area (Å²) in [7, 11) is 3.14. The summed E-state index contributed by atoms with van der Waals surface area (Å²) in [5.74, 6) is 0.604. The van der Waals surface area contributed by atoms with Gasteiger partial charge >= 0.3 is 6.01 Å². The second kappa shape index (κ2) is 3.18. The van der Waals surface area contributed by atoms with Crippen LogP contribution >= 0.6 is 0 Å². The first-order chi connectivity index (χ1) is 6.35. The summed E-state index contributed by atoms with van der Waals surface area (Å²) in [6.07, 6.45) is 0. The Bertz CT molecular complexity index is 327. The molecular weight excluding hydrogens is 170 g/mol. The van der Waals surface area contributed by atoms with E-state index in [1.807, 2.05) is 0 Å². The maximum absolute atomic E-state index is 5.13. The van der Waals surface area contributed by atoms with Crippen LogP contribution < -0.4 is 14.8 Å². The fourth-order valence-electron chi connectivity index (χ4n) is 1.38. The van der Waals surface area contributed by atoms with Gasteiger partial charge in [0.2, 0.25) is 5.88 Å². The van der Waals surface area contributed by atoms with Crippen molar-refractivity contribution in [2.75, 3.05) is 14.2 Å². The lowest BCUT2D eigenvalue weighted by Crippen LogP contribution is -2.01. The van der Waals surface area contributed by atoms with Crippen LogP contribution in [0.5, 0.6) is 11.9 Å². The van der Waals surface area contributed by atoms with Crippen LogP contribution in [0.3, 0.4) is 0 Å². The predicted octanol–water partition coefficient (Wildman–Crippen LogP) is 0.0970. The molecule has 2 heterocycles. The Balaban J connectivity index is 2.49. The van der Waals surface area contributed by atoms with Gasteiger partial charge < -0.3 is 14.8 Å². The molecule has 0 unspecified atom stereocenters. The van der Waals surface area contributed by atoms with E-state index in [4.69, 9.17) is 9.47 Å². The minimum Gasteiger partial charge on any atom is -0.481 e. The van der Waals surface area contributed by atoms with Crippen molar-refractivity contribution in [3.63, 3.8) is 0 Å². The van der Waals surface area contributed by atoms with Crippen LogP contribution in [-0.4, -0.2) is 24.2 Å². The summed E-state index contributed by atoms with van der Waals surface area (Å²) in [4.78, 5) is 8.29. The van der Waals surface area contributed by atoms with Crippen molar-refractivity contribution in [3.8, 4) is 11.9 Å². The van der Waals surface area contributed by atoms with E-state index in [0.717, 1.165) is 24.3 Å². The molecule has 0 radical (unpaired) electrons. The molecule has 5 nitrogen and oxygen atoms in total. The van der Waals surface area contributed by atoms with E-state index in [-0.39, 0.29) is 0 Å². The summed E-state index contributed by atoms with van der Waals surface area (Å²) in [5.41, 5.74) is 1.99. The van der Waals surface area contributed by atoms with Gasteiger partial charge in [0.25, 0.3) is 0 Å². The van der Waals surface area contributed by atoms with Crippen LogP contribution in [0.15, 0.2) is 0 Å². The average molecular weight is 181 g/mol. The molecule has 0 spiro atoms. The molecule has 0 saturated carbocycles. The number of hydrogen-bond acceptors (Lipinski definition) is 5. The van der Waals surface area contributed by atoms with Crippen molar-refractivity contribution in [1.82, 2.24) is 15.3 Å². The number of fused-ring (bicyclic) bond motifs is 1. The van der Waals surface area contributed by atoms with Gasteiger partial charge in [-0.2, -0.15) is 9.97 Å². The Morgan fingerprint density at radius 2 is 2.00 bits per heavy atom. The molecule has 0 aromatic carbocycles. The number of aromatic nitrogens is 2. The molecule has 1 N–H and O–H groups in total. The van der Waals surface area contributed by atoms with Crippen LogP contribution in [0.1, 0.15) is 11.3 Å². The van der Waals surface area contributed by atoms with E-state index in [1.54, 1.807) is 14.2 Å². The maximum atomic E-state index is 5.13. The zero-order chi connectivity index (χ0) is 9.26. The summed E-state index contributed by atoms with van der Waals surface area (Å²) in [6.45, 7) is 1.52. The number of rotatable bonds is 2. The van der Waals surface area contributed by atoms with Crippen molar-refractivity contribution in [3.05, 3.63) is 11.3 Å². The molecule has 0 aliphatic carbocycles. The van der Waals surface area contributed by atoms with Crippen LogP contribution in [0.25, 0.3) is 0 Å². The fourth-order valence-corrected chi connectivity index (χ4v) is 1.38. The van der Waals surface area contributed by atoms with E-state index in [1.165, 1.54) is 0 Å². The highest BCUT2D eigenvalue weighted by Gasteiger charge is 2.19. The van der Waals surface area contributed by atoms with E-state index < -0.39 is 0 Å². The lowest BCUT2D eigenvalue weighted by Gasteiger charge is -2.06. The Kier molecular flexibility index (Phi) is 2.02. The number of hydrogen-bond donors (Lipinski definition) is 1. The smallest absolute Gasteiger partial charge is 0.319 e. The first-order valence-corrected chi connectivity index (χ1v) is 4.03. The van der Waals surface area contributed by atoms with Crippen molar-refractivity contribution in [2.45, 2.75) is 13.1 Å². The third-order valence-electron chi connectivity index (χ3n) is 2.00. The van der Waals surface area contributed by atoms with E-state index in [0.29, 0.717) is 11.9 Å². The highest BCUT2D eigenvalue weighted by molar-refractivity contribution is 5.34. The van der Waals surface area contributed by atoms with Crippen molar-refractivity contribution in [1.29, 1.82) is 0 Å². The second-order valence-corrected chi connectivity index (χ2v) is 2.75.